The normalized spacial score (nSPS) is 14.0. The molecule has 2 N–H and O–H groups in total. The van der Waals surface area contributed by atoms with Crippen LogP contribution in [0, 0.1) is 0 Å². The molecule has 0 atom stereocenters. The van der Waals surface area contributed by atoms with Crippen LogP contribution in [0.1, 0.15) is 6.92 Å². The van der Waals surface area contributed by atoms with Gasteiger partial charge in [0.25, 0.3) is 0 Å². The second-order valence-corrected chi connectivity index (χ2v) is 7.15. The Morgan fingerprint density at radius 2 is 2.07 bits per heavy atom. The molecule has 0 saturated carbocycles. The Morgan fingerprint density at radius 1 is 1.25 bits per heavy atom. The minimum absolute atomic E-state index is 0.376. The zero-order valence-corrected chi connectivity index (χ0v) is 16.9. The molecular weight excluding hydrogens is 422 g/mol. The second-order valence-electron chi connectivity index (χ2n) is 6.29. The monoisotopic (exact) mass is 441 g/mol. The van der Waals surface area contributed by atoms with Crippen LogP contribution in [0.25, 0.3) is 16.9 Å². The van der Waals surface area contributed by atoms with Gasteiger partial charge in [0.2, 0.25) is 5.88 Å². The first kappa shape index (κ1) is 18.5. The van der Waals surface area contributed by atoms with Gasteiger partial charge >= 0.3 is 0 Å². The van der Waals surface area contributed by atoms with Crippen molar-refractivity contribution in [1.82, 2.24) is 19.7 Å². The van der Waals surface area contributed by atoms with Crippen LogP contribution in [0.15, 0.2) is 70.7 Å². The molecule has 144 valence electrons. The molecular formula is C20H20BrN5O2. The second kappa shape index (κ2) is 8.04. The van der Waals surface area contributed by atoms with Gasteiger partial charge in [-0.05, 0) is 28.4 Å². The number of aromatic nitrogens is 3. The number of benzene rings is 1. The van der Waals surface area contributed by atoms with Crippen molar-refractivity contribution in [3.8, 4) is 11.3 Å². The number of hydrogen-bond acceptors (Lipinski definition) is 6. The van der Waals surface area contributed by atoms with Gasteiger partial charge in [-0.15, -0.1) is 0 Å². The highest BCUT2D eigenvalue weighted by molar-refractivity contribution is 9.10. The number of halogens is 1. The highest BCUT2D eigenvalue weighted by atomic mass is 79.9. The zero-order chi connectivity index (χ0) is 19.5. The van der Waals surface area contributed by atoms with Gasteiger partial charge < -0.3 is 10.1 Å². The summed E-state index contributed by atoms with van der Waals surface area (Å²) in [6, 6.07) is 12.0. The molecule has 2 aromatic heterocycles. The number of hydroxylamine groups is 2. The summed E-state index contributed by atoms with van der Waals surface area (Å²) in [7, 11) is 0. The molecule has 28 heavy (non-hydrogen) atoms. The summed E-state index contributed by atoms with van der Waals surface area (Å²) in [5.74, 6) is 1.28. The van der Waals surface area contributed by atoms with Crippen molar-refractivity contribution >= 4 is 27.4 Å². The van der Waals surface area contributed by atoms with Gasteiger partial charge in [-0.3, -0.25) is 5.21 Å². The molecule has 0 unspecified atom stereocenters. The van der Waals surface area contributed by atoms with Gasteiger partial charge in [-0.1, -0.05) is 36.4 Å². The molecule has 0 saturated heterocycles. The topological polar surface area (TPSA) is 74.9 Å². The van der Waals surface area contributed by atoms with Crippen molar-refractivity contribution in [3.63, 3.8) is 0 Å². The summed E-state index contributed by atoms with van der Waals surface area (Å²) in [6.07, 6.45) is 5.46. The fourth-order valence-corrected chi connectivity index (χ4v) is 3.35. The maximum atomic E-state index is 10.1. The summed E-state index contributed by atoms with van der Waals surface area (Å²) in [5.41, 5.74) is 3.65. The van der Waals surface area contributed by atoms with E-state index in [9.17, 15) is 5.21 Å². The summed E-state index contributed by atoms with van der Waals surface area (Å²) < 4.78 is 7.97. The summed E-state index contributed by atoms with van der Waals surface area (Å²) >= 11 is 3.52. The van der Waals surface area contributed by atoms with Crippen molar-refractivity contribution in [1.29, 1.82) is 0 Å². The first-order chi connectivity index (χ1) is 13.7. The largest absolute Gasteiger partial charge is 0.478 e. The highest BCUT2D eigenvalue weighted by Gasteiger charge is 2.16. The van der Waals surface area contributed by atoms with Crippen LogP contribution in [-0.4, -0.2) is 44.6 Å². The van der Waals surface area contributed by atoms with Crippen molar-refractivity contribution in [3.05, 3.63) is 70.7 Å². The number of nitrogens with zero attached hydrogens (tertiary/aromatic N) is 4. The number of nitrogens with one attached hydrogen (secondary N) is 1. The Hall–Kier alpha value is -2.84. The van der Waals surface area contributed by atoms with E-state index in [1.165, 1.54) is 0 Å². The third-order valence-electron chi connectivity index (χ3n) is 4.36. The number of fused-ring (bicyclic) bond motifs is 1. The average Bonchev–Trinajstić information content (AvgIpc) is 3.10. The van der Waals surface area contributed by atoms with Crippen LogP contribution < -0.4 is 5.32 Å². The van der Waals surface area contributed by atoms with Crippen LogP contribution in [0.2, 0.25) is 0 Å². The first-order valence-electron chi connectivity index (χ1n) is 8.98. The number of allylic oxidation sites excluding steroid dienone is 2. The molecule has 4 rings (SSSR count). The molecule has 7 nitrogen and oxygen atoms in total. The van der Waals surface area contributed by atoms with E-state index in [2.05, 4.69) is 26.3 Å². The third-order valence-corrected chi connectivity index (χ3v) is 4.92. The highest BCUT2D eigenvalue weighted by Crippen LogP contribution is 2.26. The molecule has 1 aliphatic rings. The lowest BCUT2D eigenvalue weighted by atomic mass is 10.1. The van der Waals surface area contributed by atoms with Crippen molar-refractivity contribution in [2.75, 3.05) is 25.0 Å². The van der Waals surface area contributed by atoms with Crippen molar-refractivity contribution < 1.29 is 9.94 Å². The molecule has 1 aromatic carbocycles. The Balaban J connectivity index is 1.62. The standard InChI is InChI=1S/C20H20BrN5O2/c1-2-28-19-9-8-14(13-25(19)27)11-22-18-10-17(15-6-4-3-5-7-15)24-20-16(21)12-23-26(18)20/h3-10,12,22,27H,2,11,13H2,1H3. The molecule has 0 spiro atoms. The van der Waals surface area contributed by atoms with Gasteiger partial charge in [0.05, 0.1) is 29.5 Å². The lowest BCUT2D eigenvalue weighted by molar-refractivity contribution is -0.100. The first-order valence-corrected chi connectivity index (χ1v) is 9.77. The van der Waals surface area contributed by atoms with E-state index in [0.717, 1.165) is 37.8 Å². The SMILES string of the molecule is CCOC1=CC=C(CNc2cc(-c3ccccc3)nc3c(Br)cnn23)CN1O. The maximum Gasteiger partial charge on any atom is 0.213 e. The van der Waals surface area contributed by atoms with E-state index >= 15 is 0 Å². The van der Waals surface area contributed by atoms with E-state index < -0.39 is 0 Å². The average molecular weight is 442 g/mol. The van der Waals surface area contributed by atoms with Gasteiger partial charge in [0.15, 0.2) is 5.65 Å². The fraction of sp³-hybridized carbons (Fsp3) is 0.200. The molecule has 0 fully saturated rings. The molecule has 3 aromatic rings. The predicted octanol–water partition coefficient (Wildman–Crippen LogP) is 4.08. The molecule has 1 aliphatic heterocycles. The summed E-state index contributed by atoms with van der Waals surface area (Å²) in [4.78, 5) is 4.73. The minimum Gasteiger partial charge on any atom is -0.478 e. The number of ether oxygens (including phenoxy) is 1. The van der Waals surface area contributed by atoms with E-state index in [0.29, 0.717) is 25.6 Å². The third kappa shape index (κ3) is 3.74. The van der Waals surface area contributed by atoms with E-state index in [-0.39, 0.29) is 0 Å². The smallest absolute Gasteiger partial charge is 0.213 e. The fourth-order valence-electron chi connectivity index (χ4n) is 3.01. The van der Waals surface area contributed by atoms with Crippen LogP contribution >= 0.6 is 15.9 Å². The van der Waals surface area contributed by atoms with Crippen LogP contribution in [0.5, 0.6) is 0 Å². The van der Waals surface area contributed by atoms with E-state index in [1.807, 2.05) is 49.4 Å². The Kier molecular flexibility index (Phi) is 5.31. The van der Waals surface area contributed by atoms with Gasteiger partial charge in [0, 0.05) is 24.3 Å². The Labute approximate surface area is 171 Å². The van der Waals surface area contributed by atoms with Crippen LogP contribution in [0.4, 0.5) is 5.82 Å². The molecule has 8 heteroatoms. The maximum absolute atomic E-state index is 10.1. The lowest BCUT2D eigenvalue weighted by Gasteiger charge is -2.24. The molecule has 0 radical (unpaired) electrons. The summed E-state index contributed by atoms with van der Waals surface area (Å²) in [6.45, 7) is 3.33. The van der Waals surface area contributed by atoms with Gasteiger partial charge in [-0.25, -0.2) is 10.0 Å². The van der Waals surface area contributed by atoms with Crippen molar-refractivity contribution in [2.24, 2.45) is 0 Å². The lowest BCUT2D eigenvalue weighted by Crippen LogP contribution is -2.28. The zero-order valence-electron chi connectivity index (χ0n) is 15.3. The van der Waals surface area contributed by atoms with Crippen molar-refractivity contribution in [2.45, 2.75) is 6.92 Å². The Bertz CT molecular complexity index is 1050. The van der Waals surface area contributed by atoms with E-state index in [4.69, 9.17) is 9.72 Å². The number of anilines is 1. The molecule has 3 heterocycles. The predicted molar refractivity (Wildman–Crippen MR) is 111 cm³/mol. The minimum atomic E-state index is 0.376. The molecule has 0 aliphatic carbocycles. The quantitative estimate of drug-likeness (QED) is 0.600. The van der Waals surface area contributed by atoms with Gasteiger partial charge in [0.1, 0.15) is 5.82 Å². The molecule has 0 bridgehead atoms. The van der Waals surface area contributed by atoms with E-state index in [1.54, 1.807) is 16.8 Å². The van der Waals surface area contributed by atoms with Crippen LogP contribution in [0.3, 0.4) is 0 Å². The molecule has 0 amide bonds. The summed E-state index contributed by atoms with van der Waals surface area (Å²) in [5, 5.41) is 19.0. The number of rotatable bonds is 6. The van der Waals surface area contributed by atoms with Crippen LogP contribution in [-0.2, 0) is 4.74 Å². The van der Waals surface area contributed by atoms with Gasteiger partial charge in [-0.2, -0.15) is 9.61 Å². The Morgan fingerprint density at radius 3 is 2.82 bits per heavy atom. The number of hydrogen-bond donors (Lipinski definition) is 2.